The summed E-state index contributed by atoms with van der Waals surface area (Å²) in [5.41, 5.74) is 1.41. The van der Waals surface area contributed by atoms with Crippen LogP contribution in [-0.2, 0) is 11.4 Å². The summed E-state index contributed by atoms with van der Waals surface area (Å²) in [4.78, 5) is 12.7. The molecule has 0 saturated carbocycles. The van der Waals surface area contributed by atoms with Gasteiger partial charge in [0, 0.05) is 22.5 Å². The Labute approximate surface area is 230 Å². The Morgan fingerprint density at radius 3 is 2.29 bits per heavy atom. The molecule has 198 valence electrons. The first kappa shape index (κ1) is 27.2. The monoisotopic (exact) mass is 554 g/mol. The lowest BCUT2D eigenvalue weighted by molar-refractivity contribution is -0.113. The number of methoxy groups -OCH3 is 2. The number of carbonyl (C=O) groups is 1. The molecule has 0 aliphatic carbocycles. The molecule has 38 heavy (non-hydrogen) atoms. The zero-order valence-electron chi connectivity index (χ0n) is 21.1. The van der Waals surface area contributed by atoms with Crippen LogP contribution in [0.2, 0.25) is 5.02 Å². The van der Waals surface area contributed by atoms with Gasteiger partial charge in [0.1, 0.15) is 18.1 Å². The molecule has 4 aromatic rings. The van der Waals surface area contributed by atoms with Crippen molar-refractivity contribution in [3.63, 3.8) is 0 Å². The molecule has 0 aliphatic rings. The van der Waals surface area contributed by atoms with Crippen molar-refractivity contribution < 1.29 is 23.7 Å². The molecule has 9 nitrogen and oxygen atoms in total. The fraction of sp³-hybridized carbons (Fsp3) is 0.222. The van der Waals surface area contributed by atoms with Crippen molar-refractivity contribution in [3.05, 3.63) is 77.6 Å². The van der Waals surface area contributed by atoms with Crippen LogP contribution < -0.4 is 24.3 Å². The minimum Gasteiger partial charge on any atom is -0.494 e. The maximum atomic E-state index is 12.7. The molecule has 0 fully saturated rings. The van der Waals surface area contributed by atoms with Gasteiger partial charge in [-0.3, -0.25) is 9.36 Å². The van der Waals surface area contributed by atoms with E-state index in [2.05, 4.69) is 15.5 Å². The minimum atomic E-state index is -0.206. The summed E-state index contributed by atoms with van der Waals surface area (Å²) in [6, 6.07) is 19.8. The third kappa shape index (κ3) is 6.90. The molecule has 1 heterocycles. The molecule has 0 unspecified atom stereocenters. The first-order valence-electron chi connectivity index (χ1n) is 11.7. The lowest BCUT2D eigenvalue weighted by atomic mass is 10.2. The van der Waals surface area contributed by atoms with Gasteiger partial charge in [-0.25, -0.2) is 0 Å². The molecule has 11 heteroatoms. The van der Waals surface area contributed by atoms with Crippen LogP contribution in [0, 0.1) is 0 Å². The highest BCUT2D eigenvalue weighted by Crippen LogP contribution is 2.30. The van der Waals surface area contributed by atoms with E-state index < -0.39 is 0 Å². The number of nitrogens with one attached hydrogen (secondary N) is 1. The summed E-state index contributed by atoms with van der Waals surface area (Å²) in [6.45, 7) is 2.67. The van der Waals surface area contributed by atoms with Gasteiger partial charge in [0.05, 0.1) is 26.6 Å². The average Bonchev–Trinajstić information content (AvgIpc) is 3.35. The summed E-state index contributed by atoms with van der Waals surface area (Å²) in [5.74, 6) is 3.00. The van der Waals surface area contributed by atoms with E-state index in [0.717, 1.165) is 11.4 Å². The van der Waals surface area contributed by atoms with Crippen molar-refractivity contribution in [2.75, 3.05) is 31.9 Å². The van der Waals surface area contributed by atoms with Crippen LogP contribution in [0.25, 0.3) is 5.69 Å². The average molecular weight is 555 g/mol. The Morgan fingerprint density at radius 2 is 1.61 bits per heavy atom. The van der Waals surface area contributed by atoms with Crippen molar-refractivity contribution in [1.29, 1.82) is 0 Å². The van der Waals surface area contributed by atoms with Gasteiger partial charge in [-0.15, -0.1) is 10.2 Å². The third-order valence-corrected chi connectivity index (χ3v) is 6.47. The number of thioether (sulfide) groups is 1. The number of benzene rings is 3. The number of halogens is 1. The second-order valence-electron chi connectivity index (χ2n) is 7.81. The SMILES string of the molecule is CCOc1ccc(-n2c(COc3ccc(Cl)cc3)nnc2SCC(=O)Nc2ccc(OC)c(OC)c2)cc1. The number of rotatable bonds is 12. The summed E-state index contributed by atoms with van der Waals surface area (Å²) in [7, 11) is 3.10. The fourth-order valence-corrected chi connectivity index (χ4v) is 4.42. The molecule has 4 rings (SSSR count). The molecule has 3 aromatic carbocycles. The Morgan fingerprint density at radius 1 is 0.921 bits per heavy atom. The van der Waals surface area contributed by atoms with Crippen molar-refractivity contribution in [1.82, 2.24) is 14.8 Å². The number of nitrogens with zero attached hydrogens (tertiary/aromatic N) is 3. The Balaban J connectivity index is 1.50. The first-order chi connectivity index (χ1) is 18.5. The molecule has 0 atom stereocenters. The smallest absolute Gasteiger partial charge is 0.234 e. The van der Waals surface area contributed by atoms with Crippen LogP contribution in [0.3, 0.4) is 0 Å². The van der Waals surface area contributed by atoms with E-state index in [1.807, 2.05) is 35.8 Å². The van der Waals surface area contributed by atoms with Gasteiger partial charge in [0.2, 0.25) is 5.91 Å². The number of ether oxygens (including phenoxy) is 4. The Hall–Kier alpha value is -3.89. The summed E-state index contributed by atoms with van der Waals surface area (Å²) in [6.07, 6.45) is 0. The molecule has 1 aromatic heterocycles. The van der Waals surface area contributed by atoms with Gasteiger partial charge in [-0.2, -0.15) is 0 Å². The van der Waals surface area contributed by atoms with Crippen molar-refractivity contribution in [3.8, 4) is 28.7 Å². The number of hydrogen-bond donors (Lipinski definition) is 1. The molecule has 1 N–H and O–H groups in total. The van der Waals surface area contributed by atoms with Gasteiger partial charge in [0.15, 0.2) is 22.5 Å². The van der Waals surface area contributed by atoms with Crippen molar-refractivity contribution in [2.24, 2.45) is 0 Å². The predicted molar refractivity (Wildman–Crippen MR) is 147 cm³/mol. The highest BCUT2D eigenvalue weighted by Gasteiger charge is 2.17. The minimum absolute atomic E-state index is 0.113. The number of amides is 1. The molecule has 1 amide bonds. The largest absolute Gasteiger partial charge is 0.494 e. The molecular formula is C27H27ClN4O5S. The molecule has 0 radical (unpaired) electrons. The van der Waals surface area contributed by atoms with E-state index in [4.69, 9.17) is 30.5 Å². The lowest BCUT2D eigenvalue weighted by Crippen LogP contribution is -2.15. The standard InChI is InChI=1S/C27H27ClN4O5S/c1-4-36-21-12-8-20(9-13-21)32-25(16-37-22-10-5-18(28)6-11-22)30-31-27(32)38-17-26(33)29-19-7-14-23(34-2)24(15-19)35-3/h5-15H,4,16-17H2,1-3H3,(H,29,33). The van der Waals surface area contributed by atoms with E-state index in [0.29, 0.717) is 45.5 Å². The van der Waals surface area contributed by atoms with Gasteiger partial charge < -0.3 is 24.3 Å². The highest BCUT2D eigenvalue weighted by molar-refractivity contribution is 7.99. The van der Waals surface area contributed by atoms with E-state index >= 15 is 0 Å². The number of hydrogen-bond acceptors (Lipinski definition) is 8. The van der Waals surface area contributed by atoms with Gasteiger partial charge in [-0.1, -0.05) is 23.4 Å². The zero-order chi connectivity index (χ0) is 26.9. The summed E-state index contributed by atoms with van der Waals surface area (Å²) < 4.78 is 23.9. The second kappa shape index (κ2) is 13.1. The topological polar surface area (TPSA) is 96.7 Å². The van der Waals surface area contributed by atoms with Crippen LogP contribution in [-0.4, -0.2) is 47.3 Å². The van der Waals surface area contributed by atoms with E-state index in [-0.39, 0.29) is 18.3 Å². The zero-order valence-corrected chi connectivity index (χ0v) is 22.7. The summed E-state index contributed by atoms with van der Waals surface area (Å²) in [5, 5.41) is 12.7. The Kier molecular flexibility index (Phi) is 9.34. The van der Waals surface area contributed by atoms with Crippen molar-refractivity contribution in [2.45, 2.75) is 18.7 Å². The normalized spacial score (nSPS) is 10.6. The maximum absolute atomic E-state index is 12.7. The molecule has 0 bridgehead atoms. The van der Waals surface area contributed by atoms with Crippen LogP contribution in [0.1, 0.15) is 12.7 Å². The number of anilines is 1. The second-order valence-corrected chi connectivity index (χ2v) is 9.19. The van der Waals surface area contributed by atoms with Gasteiger partial charge >= 0.3 is 0 Å². The van der Waals surface area contributed by atoms with Gasteiger partial charge in [-0.05, 0) is 67.6 Å². The van der Waals surface area contributed by atoms with Crippen molar-refractivity contribution >= 4 is 35.0 Å². The van der Waals surface area contributed by atoms with Gasteiger partial charge in [0.25, 0.3) is 0 Å². The van der Waals surface area contributed by atoms with Crippen LogP contribution in [0.4, 0.5) is 5.69 Å². The van der Waals surface area contributed by atoms with Crippen LogP contribution in [0.15, 0.2) is 71.9 Å². The highest BCUT2D eigenvalue weighted by atomic mass is 35.5. The third-order valence-electron chi connectivity index (χ3n) is 5.29. The fourth-order valence-electron chi connectivity index (χ4n) is 3.52. The number of carbonyl (C=O) groups excluding carboxylic acids is 1. The number of aromatic nitrogens is 3. The van der Waals surface area contributed by atoms with E-state index in [1.54, 1.807) is 56.7 Å². The van der Waals surface area contributed by atoms with Crippen LogP contribution in [0.5, 0.6) is 23.0 Å². The molecule has 0 saturated heterocycles. The predicted octanol–water partition coefficient (Wildman–Crippen LogP) is 5.65. The van der Waals surface area contributed by atoms with E-state index in [1.165, 1.54) is 11.8 Å². The maximum Gasteiger partial charge on any atom is 0.234 e. The first-order valence-corrected chi connectivity index (χ1v) is 13.1. The van der Waals surface area contributed by atoms with E-state index in [9.17, 15) is 4.79 Å². The van der Waals surface area contributed by atoms with Crippen LogP contribution >= 0.6 is 23.4 Å². The Bertz CT molecular complexity index is 1360. The molecule has 0 aliphatic heterocycles. The molecular weight excluding hydrogens is 528 g/mol. The summed E-state index contributed by atoms with van der Waals surface area (Å²) >= 11 is 7.24. The quantitative estimate of drug-likeness (QED) is 0.225. The lowest BCUT2D eigenvalue weighted by Gasteiger charge is -2.13. The molecule has 0 spiro atoms.